The summed E-state index contributed by atoms with van der Waals surface area (Å²) in [5, 5.41) is 3.31. The Morgan fingerprint density at radius 1 is 1.00 bits per heavy atom. The Morgan fingerprint density at radius 2 is 1.57 bits per heavy atom. The van der Waals surface area contributed by atoms with Crippen LogP contribution in [0.4, 0.5) is 13.2 Å². The number of nitrogens with one attached hydrogen (secondary N) is 1. The predicted molar refractivity (Wildman–Crippen MR) is 78.1 cm³/mol. The van der Waals surface area contributed by atoms with E-state index in [4.69, 9.17) is 0 Å². The van der Waals surface area contributed by atoms with Crippen molar-refractivity contribution < 1.29 is 17.9 Å². The zero-order chi connectivity index (χ0) is 16.3. The van der Waals surface area contributed by atoms with Crippen molar-refractivity contribution in [3.8, 4) is 5.75 Å². The van der Waals surface area contributed by atoms with E-state index in [1.807, 2.05) is 13.8 Å². The number of rotatable bonds is 5. The molecule has 0 amide bonds. The first-order valence-corrected chi connectivity index (χ1v) is 6.97. The molecule has 0 fully saturated rings. The lowest BCUT2D eigenvalue weighted by Gasteiger charge is -2.33. The molecule has 0 bridgehead atoms. The van der Waals surface area contributed by atoms with Crippen molar-refractivity contribution in [3.05, 3.63) is 29.8 Å². The summed E-state index contributed by atoms with van der Waals surface area (Å²) in [5.74, 6) is -0.149. The first kappa shape index (κ1) is 17.8. The molecule has 0 radical (unpaired) electrons. The molecule has 1 aromatic carbocycles. The van der Waals surface area contributed by atoms with Gasteiger partial charge in [0.2, 0.25) is 0 Å². The highest BCUT2D eigenvalue weighted by atomic mass is 19.4. The van der Waals surface area contributed by atoms with Gasteiger partial charge in [-0.2, -0.15) is 0 Å². The predicted octanol–water partition coefficient (Wildman–Crippen LogP) is 4.89. The second-order valence-corrected chi connectivity index (χ2v) is 7.13. The number of benzene rings is 1. The van der Waals surface area contributed by atoms with E-state index in [9.17, 15) is 13.2 Å². The Bertz CT molecular complexity index is 461. The first-order valence-electron chi connectivity index (χ1n) is 6.97. The van der Waals surface area contributed by atoms with E-state index in [2.05, 4.69) is 30.8 Å². The van der Waals surface area contributed by atoms with Crippen LogP contribution in [0.1, 0.15) is 46.6 Å². The van der Waals surface area contributed by atoms with Crippen molar-refractivity contribution in [1.29, 1.82) is 0 Å². The Morgan fingerprint density at radius 3 is 2.10 bits per heavy atom. The van der Waals surface area contributed by atoms with Crippen molar-refractivity contribution >= 4 is 0 Å². The summed E-state index contributed by atoms with van der Waals surface area (Å²) in [5.41, 5.74) is 0.457. The summed E-state index contributed by atoms with van der Waals surface area (Å²) in [6.45, 7) is 10.8. The lowest BCUT2D eigenvalue weighted by Crippen LogP contribution is -2.41. The number of ether oxygens (including phenoxy) is 1. The minimum absolute atomic E-state index is 0.137. The smallest absolute Gasteiger partial charge is 0.405 e. The van der Waals surface area contributed by atoms with Crippen molar-refractivity contribution in [1.82, 2.24) is 5.32 Å². The van der Waals surface area contributed by atoms with Crippen LogP contribution in [-0.4, -0.2) is 11.9 Å². The standard InChI is InChI=1S/C16H24F3NO/c1-14(2,3)11-15(4,5)20-10-12-8-6-7-9-13(12)21-16(17,18)19/h6-9,20H,10-11H2,1-5H3. The highest BCUT2D eigenvalue weighted by molar-refractivity contribution is 5.33. The van der Waals surface area contributed by atoms with Crippen molar-refractivity contribution in [3.63, 3.8) is 0 Å². The second kappa shape index (κ2) is 6.26. The van der Waals surface area contributed by atoms with E-state index in [0.29, 0.717) is 12.1 Å². The quantitative estimate of drug-likeness (QED) is 0.836. The lowest BCUT2D eigenvalue weighted by molar-refractivity contribution is -0.274. The van der Waals surface area contributed by atoms with E-state index in [-0.39, 0.29) is 16.7 Å². The molecule has 0 unspecified atom stereocenters. The summed E-state index contributed by atoms with van der Waals surface area (Å²) < 4.78 is 41.2. The third-order valence-electron chi connectivity index (χ3n) is 2.93. The molecule has 0 atom stereocenters. The van der Waals surface area contributed by atoms with Crippen LogP contribution in [0.15, 0.2) is 24.3 Å². The van der Waals surface area contributed by atoms with E-state index in [1.54, 1.807) is 12.1 Å². The second-order valence-electron chi connectivity index (χ2n) is 7.13. The molecule has 1 rings (SSSR count). The normalized spacial score (nSPS) is 13.3. The van der Waals surface area contributed by atoms with Gasteiger partial charge in [0.05, 0.1) is 0 Å². The van der Waals surface area contributed by atoms with Gasteiger partial charge in [0, 0.05) is 17.6 Å². The van der Waals surface area contributed by atoms with Crippen LogP contribution in [0.5, 0.6) is 5.75 Å². The average Bonchev–Trinajstić information content (AvgIpc) is 2.22. The molecule has 1 N–H and O–H groups in total. The Balaban J connectivity index is 2.76. The maximum Gasteiger partial charge on any atom is 0.573 e. The largest absolute Gasteiger partial charge is 0.573 e. The van der Waals surface area contributed by atoms with Gasteiger partial charge in [-0.1, -0.05) is 39.0 Å². The van der Waals surface area contributed by atoms with E-state index in [0.717, 1.165) is 6.42 Å². The summed E-state index contributed by atoms with van der Waals surface area (Å²) in [6.07, 6.45) is -3.76. The number of halogens is 3. The fourth-order valence-electron chi connectivity index (χ4n) is 2.60. The number of hydrogen-bond donors (Lipinski definition) is 1. The van der Waals surface area contributed by atoms with Gasteiger partial charge in [-0.05, 0) is 31.7 Å². The van der Waals surface area contributed by atoms with Crippen LogP contribution in [0, 0.1) is 5.41 Å². The summed E-state index contributed by atoms with van der Waals surface area (Å²) in [6, 6.07) is 6.21. The van der Waals surface area contributed by atoms with Gasteiger partial charge in [-0.15, -0.1) is 13.2 Å². The third kappa shape index (κ3) is 7.37. The molecular weight excluding hydrogens is 279 g/mol. The SMILES string of the molecule is CC(C)(C)CC(C)(C)NCc1ccccc1OC(F)(F)F. The minimum atomic E-state index is -4.67. The van der Waals surface area contributed by atoms with Crippen LogP contribution >= 0.6 is 0 Å². The van der Waals surface area contributed by atoms with E-state index >= 15 is 0 Å². The van der Waals surface area contributed by atoms with Crippen LogP contribution in [-0.2, 0) is 6.54 Å². The maximum atomic E-state index is 12.4. The van der Waals surface area contributed by atoms with Crippen LogP contribution in [0.25, 0.3) is 0 Å². The molecule has 1 aromatic rings. The summed E-state index contributed by atoms with van der Waals surface area (Å²) in [4.78, 5) is 0. The number of hydrogen-bond acceptors (Lipinski definition) is 2. The fourth-order valence-corrected chi connectivity index (χ4v) is 2.60. The molecule has 0 aromatic heterocycles. The van der Waals surface area contributed by atoms with Gasteiger partial charge in [0.15, 0.2) is 0 Å². The van der Waals surface area contributed by atoms with Gasteiger partial charge in [-0.25, -0.2) is 0 Å². The molecule has 0 spiro atoms. The average molecular weight is 303 g/mol. The van der Waals surface area contributed by atoms with E-state index in [1.165, 1.54) is 12.1 Å². The minimum Gasteiger partial charge on any atom is -0.405 e. The molecule has 0 heterocycles. The van der Waals surface area contributed by atoms with E-state index < -0.39 is 6.36 Å². The molecule has 0 aliphatic heterocycles. The lowest BCUT2D eigenvalue weighted by atomic mass is 9.82. The first-order chi connectivity index (χ1) is 9.38. The van der Waals surface area contributed by atoms with Crippen molar-refractivity contribution in [2.24, 2.45) is 5.41 Å². The van der Waals surface area contributed by atoms with Gasteiger partial charge in [0.1, 0.15) is 5.75 Å². The molecule has 2 nitrogen and oxygen atoms in total. The van der Waals surface area contributed by atoms with Gasteiger partial charge < -0.3 is 10.1 Å². The maximum absolute atomic E-state index is 12.4. The molecule has 0 aliphatic carbocycles. The van der Waals surface area contributed by atoms with Crippen molar-refractivity contribution in [2.75, 3.05) is 0 Å². The Hall–Kier alpha value is -1.23. The van der Waals surface area contributed by atoms with Crippen molar-refractivity contribution in [2.45, 2.75) is 59.5 Å². The zero-order valence-electron chi connectivity index (χ0n) is 13.3. The summed E-state index contributed by atoms with van der Waals surface area (Å²) >= 11 is 0. The monoisotopic (exact) mass is 303 g/mol. The highest BCUT2D eigenvalue weighted by Gasteiger charge is 2.32. The molecule has 5 heteroatoms. The van der Waals surface area contributed by atoms with Gasteiger partial charge in [-0.3, -0.25) is 0 Å². The molecule has 21 heavy (non-hydrogen) atoms. The zero-order valence-corrected chi connectivity index (χ0v) is 13.3. The summed E-state index contributed by atoms with van der Waals surface area (Å²) in [7, 11) is 0. The van der Waals surface area contributed by atoms with Crippen LogP contribution in [0.3, 0.4) is 0 Å². The third-order valence-corrected chi connectivity index (χ3v) is 2.93. The highest BCUT2D eigenvalue weighted by Crippen LogP contribution is 2.29. The molecule has 120 valence electrons. The molecular formula is C16H24F3NO. The van der Waals surface area contributed by atoms with Crippen LogP contribution in [0.2, 0.25) is 0 Å². The van der Waals surface area contributed by atoms with Gasteiger partial charge >= 0.3 is 6.36 Å². The van der Waals surface area contributed by atoms with Crippen LogP contribution < -0.4 is 10.1 Å². The molecule has 0 aliphatic rings. The molecule has 0 saturated carbocycles. The number of alkyl halides is 3. The molecule has 0 saturated heterocycles. The topological polar surface area (TPSA) is 21.3 Å². The van der Waals surface area contributed by atoms with Gasteiger partial charge in [0.25, 0.3) is 0 Å². The number of para-hydroxylation sites is 1. The fraction of sp³-hybridized carbons (Fsp3) is 0.625. The Labute approximate surface area is 124 Å². The Kier molecular flexibility index (Phi) is 5.31.